The van der Waals surface area contributed by atoms with Crippen LogP contribution in [0.15, 0.2) is 83.3 Å². The van der Waals surface area contributed by atoms with Crippen LogP contribution in [0.1, 0.15) is 73.2 Å². The molecule has 0 radical (unpaired) electrons. The fraction of sp³-hybridized carbons (Fsp3) is 0.429. The molecule has 0 spiro atoms. The molecule has 14 heteroatoms. The van der Waals surface area contributed by atoms with Crippen LogP contribution in [0, 0.1) is 5.92 Å². The molecular formula is C42H48ClN5O8. The SMILES string of the molecule is NCCCC[C@H](CC(=O)[C@@H]1C[C@@H](OC(=O)N2CCCCC2)CN1C(=O)[C@@H](Cc1cccc(Cl)c1)NC(=O)OCc1ccccc1)C(=O)c1nc2ccccc2o1. The van der Waals surface area contributed by atoms with Gasteiger partial charge in [0.2, 0.25) is 11.7 Å². The lowest BCUT2D eigenvalue weighted by Crippen LogP contribution is -2.53. The van der Waals surface area contributed by atoms with Gasteiger partial charge in [-0.15, -0.1) is 0 Å². The number of hydrogen-bond donors (Lipinski definition) is 2. The Labute approximate surface area is 330 Å². The minimum absolute atomic E-state index is 0.0240. The molecule has 2 saturated heterocycles. The fourth-order valence-electron chi connectivity index (χ4n) is 7.32. The van der Waals surface area contributed by atoms with Crippen LogP contribution in [0.3, 0.4) is 0 Å². The zero-order valence-electron chi connectivity index (χ0n) is 31.3. The molecule has 56 heavy (non-hydrogen) atoms. The molecule has 3 amide bonds. The minimum Gasteiger partial charge on any atom is -0.445 e. The number of halogens is 1. The molecule has 296 valence electrons. The number of piperidine rings is 1. The quantitative estimate of drug-likeness (QED) is 0.0943. The van der Waals surface area contributed by atoms with Crippen molar-refractivity contribution in [2.24, 2.45) is 11.7 Å². The van der Waals surface area contributed by atoms with Crippen molar-refractivity contribution in [3.8, 4) is 0 Å². The average molecular weight is 786 g/mol. The number of hydrogen-bond acceptors (Lipinski definition) is 10. The second-order valence-electron chi connectivity index (χ2n) is 14.4. The lowest BCUT2D eigenvalue weighted by atomic mass is 9.89. The summed E-state index contributed by atoms with van der Waals surface area (Å²) in [5.41, 5.74) is 8.17. The molecular weight excluding hydrogens is 738 g/mol. The number of rotatable bonds is 16. The van der Waals surface area contributed by atoms with Gasteiger partial charge in [0.25, 0.3) is 5.89 Å². The largest absolute Gasteiger partial charge is 0.445 e. The summed E-state index contributed by atoms with van der Waals surface area (Å²) in [6.07, 6.45) is 2.05. The first-order chi connectivity index (χ1) is 27.2. The van der Waals surface area contributed by atoms with Crippen LogP contribution >= 0.6 is 11.6 Å². The van der Waals surface area contributed by atoms with Gasteiger partial charge in [0.15, 0.2) is 11.4 Å². The van der Waals surface area contributed by atoms with Gasteiger partial charge in [0.05, 0.1) is 12.6 Å². The third-order valence-corrected chi connectivity index (χ3v) is 10.5. The van der Waals surface area contributed by atoms with Crippen LogP contribution in [0.25, 0.3) is 11.1 Å². The standard InChI is InChI=1S/C42H48ClN5O8/c43-31-16-11-14-29(22-31)23-34(46-41(52)54-27-28-12-3-1-4-13-28)40(51)48-26-32(55-42(53)47-20-9-2-10-21-47)25-35(48)36(49)24-30(15-7-8-19-44)38(50)39-45-33-17-5-6-18-37(33)56-39/h1,3-6,11-14,16-18,22,30,32,34-35H,2,7-10,15,19-21,23-27,44H2,(H,46,52)/t30-,32-,34-,35+/m1/s1. The molecule has 2 aliphatic heterocycles. The molecule has 0 unspecified atom stereocenters. The van der Waals surface area contributed by atoms with Crippen molar-refractivity contribution in [2.45, 2.75) is 82.6 Å². The van der Waals surface area contributed by atoms with Gasteiger partial charge in [0, 0.05) is 43.3 Å². The average Bonchev–Trinajstić information content (AvgIpc) is 3.85. The van der Waals surface area contributed by atoms with Crippen molar-refractivity contribution >= 4 is 52.4 Å². The molecule has 0 aliphatic carbocycles. The van der Waals surface area contributed by atoms with E-state index in [2.05, 4.69) is 10.3 Å². The predicted molar refractivity (Wildman–Crippen MR) is 209 cm³/mol. The molecule has 2 fully saturated rings. The van der Waals surface area contributed by atoms with Crippen molar-refractivity contribution in [3.63, 3.8) is 0 Å². The Bertz CT molecular complexity index is 1950. The Kier molecular flexibility index (Phi) is 14.1. The number of nitrogens with one attached hydrogen (secondary N) is 1. The Morgan fingerprint density at radius 1 is 0.929 bits per heavy atom. The van der Waals surface area contributed by atoms with Gasteiger partial charge >= 0.3 is 12.2 Å². The van der Waals surface area contributed by atoms with Gasteiger partial charge < -0.3 is 34.7 Å². The van der Waals surface area contributed by atoms with Crippen molar-refractivity contribution in [1.82, 2.24) is 20.1 Å². The van der Waals surface area contributed by atoms with E-state index in [0.717, 1.165) is 24.8 Å². The Balaban J connectivity index is 1.25. The monoisotopic (exact) mass is 785 g/mol. The van der Waals surface area contributed by atoms with Crippen molar-refractivity contribution in [3.05, 3.63) is 101 Å². The van der Waals surface area contributed by atoms with Crippen molar-refractivity contribution in [1.29, 1.82) is 0 Å². The van der Waals surface area contributed by atoms with Crippen molar-refractivity contribution in [2.75, 3.05) is 26.2 Å². The highest BCUT2D eigenvalue weighted by Gasteiger charge is 2.45. The van der Waals surface area contributed by atoms with Gasteiger partial charge in [-0.3, -0.25) is 14.4 Å². The normalized spacial score (nSPS) is 18.0. The highest BCUT2D eigenvalue weighted by Crippen LogP contribution is 2.29. The second-order valence-corrected chi connectivity index (χ2v) is 14.8. The summed E-state index contributed by atoms with van der Waals surface area (Å²) >= 11 is 6.29. The molecule has 13 nitrogen and oxygen atoms in total. The van der Waals surface area contributed by atoms with Gasteiger partial charge in [-0.05, 0) is 74.0 Å². The smallest absolute Gasteiger partial charge is 0.410 e. The number of likely N-dealkylation sites (tertiary alicyclic amines) is 2. The number of oxazole rings is 1. The van der Waals surface area contributed by atoms with Gasteiger partial charge in [-0.25, -0.2) is 14.6 Å². The Morgan fingerprint density at radius 2 is 1.68 bits per heavy atom. The number of ether oxygens (including phenoxy) is 2. The van der Waals surface area contributed by atoms with Crippen LogP contribution in [0.4, 0.5) is 9.59 Å². The van der Waals surface area contributed by atoms with Crippen LogP contribution in [0.2, 0.25) is 5.02 Å². The van der Waals surface area contributed by atoms with E-state index in [1.807, 2.05) is 30.3 Å². The van der Waals surface area contributed by atoms with E-state index in [4.69, 9.17) is 31.2 Å². The minimum atomic E-state index is -1.18. The summed E-state index contributed by atoms with van der Waals surface area (Å²) < 4.78 is 17.2. The first-order valence-corrected chi connectivity index (χ1v) is 19.7. The van der Waals surface area contributed by atoms with E-state index in [1.54, 1.807) is 53.4 Å². The van der Waals surface area contributed by atoms with Crippen LogP contribution < -0.4 is 11.1 Å². The van der Waals surface area contributed by atoms with Crippen molar-refractivity contribution < 1.29 is 37.9 Å². The van der Waals surface area contributed by atoms with Crippen LogP contribution in [0.5, 0.6) is 0 Å². The highest BCUT2D eigenvalue weighted by molar-refractivity contribution is 6.30. The summed E-state index contributed by atoms with van der Waals surface area (Å²) in [6.45, 7) is 1.44. The zero-order chi connectivity index (χ0) is 39.4. The molecule has 1 aromatic heterocycles. The van der Waals surface area contributed by atoms with Gasteiger partial charge in [-0.1, -0.05) is 72.6 Å². The van der Waals surface area contributed by atoms with E-state index < -0.39 is 48.0 Å². The number of fused-ring (bicyclic) bond motifs is 1. The van der Waals surface area contributed by atoms with Crippen LogP contribution in [-0.2, 0) is 32.1 Å². The summed E-state index contributed by atoms with van der Waals surface area (Å²) in [5.74, 6) is -2.27. The number of amides is 3. The topological polar surface area (TPSA) is 174 Å². The second kappa shape index (κ2) is 19.5. The Morgan fingerprint density at radius 3 is 2.43 bits per heavy atom. The molecule has 0 saturated carbocycles. The number of Topliss-reactive ketones (excluding diaryl/α,β-unsaturated/α-hetero) is 2. The molecule has 6 rings (SSSR count). The number of carbonyl (C=O) groups excluding carboxylic acids is 5. The number of unbranched alkanes of at least 4 members (excludes halogenated alkanes) is 1. The zero-order valence-corrected chi connectivity index (χ0v) is 32.0. The van der Waals surface area contributed by atoms with E-state index in [1.165, 1.54) is 4.90 Å². The van der Waals surface area contributed by atoms with E-state index in [9.17, 15) is 24.0 Å². The lowest BCUT2D eigenvalue weighted by molar-refractivity contribution is -0.139. The van der Waals surface area contributed by atoms with Gasteiger partial charge in [-0.2, -0.15) is 0 Å². The predicted octanol–water partition coefficient (Wildman–Crippen LogP) is 6.50. The third-order valence-electron chi connectivity index (χ3n) is 10.3. The number of aromatic nitrogens is 1. The molecule has 3 heterocycles. The van der Waals surface area contributed by atoms with Crippen LogP contribution in [-0.4, -0.2) is 88.8 Å². The molecule has 4 aromatic rings. The number of nitrogens with zero attached hydrogens (tertiary/aromatic N) is 3. The molecule has 3 aromatic carbocycles. The first kappa shape index (κ1) is 40.4. The summed E-state index contributed by atoms with van der Waals surface area (Å²) in [5, 5.41) is 3.16. The van der Waals surface area contributed by atoms with E-state index in [0.29, 0.717) is 60.6 Å². The molecule has 3 N–H and O–H groups in total. The molecule has 2 aliphatic rings. The third kappa shape index (κ3) is 10.7. The fourth-order valence-corrected chi connectivity index (χ4v) is 7.54. The van der Waals surface area contributed by atoms with Gasteiger partial charge in [0.1, 0.15) is 24.3 Å². The molecule has 0 bridgehead atoms. The number of nitrogens with two attached hydrogens (primary N) is 1. The lowest BCUT2D eigenvalue weighted by Gasteiger charge is -2.29. The van der Waals surface area contributed by atoms with E-state index >= 15 is 0 Å². The number of alkyl carbamates (subject to hydrolysis) is 1. The summed E-state index contributed by atoms with van der Waals surface area (Å²) in [7, 11) is 0. The maximum Gasteiger partial charge on any atom is 0.410 e. The van der Waals surface area contributed by atoms with E-state index in [-0.39, 0.29) is 44.1 Å². The number of ketones is 2. The number of carbonyl (C=O) groups is 5. The highest BCUT2D eigenvalue weighted by atomic mass is 35.5. The maximum atomic E-state index is 14.7. The summed E-state index contributed by atoms with van der Waals surface area (Å²) in [6, 6.07) is 20.8. The Hall–Kier alpha value is -5.27. The maximum absolute atomic E-state index is 14.7. The molecule has 4 atom stereocenters. The number of benzene rings is 3. The first-order valence-electron chi connectivity index (χ1n) is 19.3. The number of para-hydroxylation sites is 2. The summed E-state index contributed by atoms with van der Waals surface area (Å²) in [4.78, 5) is 76.9.